The number of hydrogen-bond donors (Lipinski definition) is 1. The maximum atomic E-state index is 5.20. The van der Waals surface area contributed by atoms with E-state index in [9.17, 15) is 0 Å². The van der Waals surface area contributed by atoms with Gasteiger partial charge in [0, 0.05) is 12.1 Å². The Morgan fingerprint density at radius 1 is 1.50 bits per heavy atom. The van der Waals surface area contributed by atoms with Crippen molar-refractivity contribution in [3.05, 3.63) is 11.3 Å². The van der Waals surface area contributed by atoms with E-state index in [-0.39, 0.29) is 0 Å². The van der Waals surface area contributed by atoms with Gasteiger partial charge < -0.3 is 9.84 Å². The van der Waals surface area contributed by atoms with Gasteiger partial charge in [0.25, 0.3) is 0 Å². The Labute approximate surface area is 72.1 Å². The molecule has 66 valence electrons. The summed E-state index contributed by atoms with van der Waals surface area (Å²) < 4.78 is 5.20. The molecular formula is C9H14N2O. The van der Waals surface area contributed by atoms with Crippen molar-refractivity contribution in [2.75, 3.05) is 11.9 Å². The normalized spacial score (nSPS) is 16.4. The predicted octanol–water partition coefficient (Wildman–Crippen LogP) is 1.99. The number of rotatable bonds is 1. The fourth-order valence-electron chi connectivity index (χ4n) is 1.65. The Balaban J connectivity index is 2.32. The number of hydrogen-bond acceptors (Lipinski definition) is 3. The molecule has 0 unspecified atom stereocenters. The van der Waals surface area contributed by atoms with Crippen molar-refractivity contribution in [1.82, 2.24) is 5.16 Å². The molecule has 0 aliphatic carbocycles. The highest BCUT2D eigenvalue weighted by atomic mass is 16.5. The molecule has 0 amide bonds. The summed E-state index contributed by atoms with van der Waals surface area (Å²) in [6.45, 7) is 3.13. The van der Waals surface area contributed by atoms with Gasteiger partial charge in [-0.25, -0.2) is 0 Å². The van der Waals surface area contributed by atoms with Gasteiger partial charge in [0.05, 0.1) is 5.69 Å². The topological polar surface area (TPSA) is 38.1 Å². The van der Waals surface area contributed by atoms with Crippen molar-refractivity contribution < 1.29 is 4.52 Å². The van der Waals surface area contributed by atoms with Crippen LogP contribution in [0, 0.1) is 0 Å². The van der Waals surface area contributed by atoms with Crippen LogP contribution in [0.3, 0.4) is 0 Å². The average molecular weight is 166 g/mol. The van der Waals surface area contributed by atoms with Crippen LogP contribution in [0.25, 0.3) is 0 Å². The summed E-state index contributed by atoms with van der Waals surface area (Å²) in [5.41, 5.74) is 2.43. The van der Waals surface area contributed by atoms with Crippen molar-refractivity contribution in [2.45, 2.75) is 32.6 Å². The first kappa shape index (κ1) is 7.65. The minimum Gasteiger partial charge on any atom is -0.354 e. The van der Waals surface area contributed by atoms with Gasteiger partial charge in [0.15, 0.2) is 0 Å². The van der Waals surface area contributed by atoms with Gasteiger partial charge in [0.1, 0.15) is 0 Å². The van der Waals surface area contributed by atoms with E-state index in [0.29, 0.717) is 0 Å². The van der Waals surface area contributed by atoms with E-state index in [1.165, 1.54) is 18.4 Å². The molecule has 0 radical (unpaired) electrons. The molecule has 12 heavy (non-hydrogen) atoms. The first-order valence-corrected chi connectivity index (χ1v) is 4.63. The zero-order valence-electron chi connectivity index (χ0n) is 7.39. The third kappa shape index (κ3) is 1.19. The summed E-state index contributed by atoms with van der Waals surface area (Å²) in [6, 6.07) is 0. The van der Waals surface area contributed by atoms with Crippen molar-refractivity contribution in [1.29, 1.82) is 0 Å². The summed E-state index contributed by atoms with van der Waals surface area (Å²) in [7, 11) is 0. The van der Waals surface area contributed by atoms with Crippen LogP contribution < -0.4 is 5.32 Å². The summed E-state index contributed by atoms with van der Waals surface area (Å²) in [4.78, 5) is 0. The molecule has 1 aromatic heterocycles. The molecular weight excluding hydrogens is 152 g/mol. The van der Waals surface area contributed by atoms with Crippen LogP contribution >= 0.6 is 0 Å². The van der Waals surface area contributed by atoms with Crippen LogP contribution in [-0.2, 0) is 12.8 Å². The molecule has 3 nitrogen and oxygen atoms in total. The van der Waals surface area contributed by atoms with Crippen LogP contribution in [-0.4, -0.2) is 11.7 Å². The molecule has 2 rings (SSSR count). The lowest BCUT2D eigenvalue weighted by Crippen LogP contribution is -1.97. The van der Waals surface area contributed by atoms with E-state index < -0.39 is 0 Å². The molecule has 0 fully saturated rings. The van der Waals surface area contributed by atoms with E-state index in [4.69, 9.17) is 4.52 Å². The number of aromatic nitrogens is 1. The second-order valence-corrected chi connectivity index (χ2v) is 3.17. The first-order valence-electron chi connectivity index (χ1n) is 4.63. The lowest BCUT2D eigenvalue weighted by molar-refractivity contribution is 0.424. The van der Waals surface area contributed by atoms with Crippen molar-refractivity contribution in [3.8, 4) is 0 Å². The zero-order valence-corrected chi connectivity index (χ0v) is 7.39. The molecule has 1 aromatic rings. The van der Waals surface area contributed by atoms with Gasteiger partial charge in [-0.15, -0.1) is 0 Å². The third-order valence-electron chi connectivity index (χ3n) is 2.34. The molecule has 0 bridgehead atoms. The highest BCUT2D eigenvalue weighted by Gasteiger charge is 2.15. The van der Waals surface area contributed by atoms with Crippen LogP contribution in [0.2, 0.25) is 0 Å². The Morgan fingerprint density at radius 2 is 2.42 bits per heavy atom. The number of anilines is 1. The molecule has 1 aliphatic heterocycles. The van der Waals surface area contributed by atoms with Gasteiger partial charge in [-0.2, -0.15) is 0 Å². The largest absolute Gasteiger partial charge is 0.354 e. The van der Waals surface area contributed by atoms with Crippen LogP contribution in [0.5, 0.6) is 0 Å². The predicted molar refractivity (Wildman–Crippen MR) is 47.3 cm³/mol. The fraction of sp³-hybridized carbons (Fsp3) is 0.667. The van der Waals surface area contributed by atoms with Gasteiger partial charge in [0.2, 0.25) is 5.88 Å². The van der Waals surface area contributed by atoms with Crippen molar-refractivity contribution in [3.63, 3.8) is 0 Å². The minimum atomic E-state index is 0.907. The smallest absolute Gasteiger partial charge is 0.228 e. The van der Waals surface area contributed by atoms with Crippen molar-refractivity contribution in [2.24, 2.45) is 0 Å². The molecule has 0 atom stereocenters. The van der Waals surface area contributed by atoms with E-state index in [2.05, 4.69) is 17.4 Å². The highest BCUT2D eigenvalue weighted by molar-refractivity contribution is 5.44. The molecule has 0 saturated carbocycles. The summed E-state index contributed by atoms with van der Waals surface area (Å²) in [5, 5.41) is 7.27. The Kier molecular flexibility index (Phi) is 2.02. The van der Waals surface area contributed by atoms with Gasteiger partial charge in [-0.3, -0.25) is 0 Å². The molecule has 1 N–H and O–H groups in total. The van der Waals surface area contributed by atoms with Crippen LogP contribution in [0.1, 0.15) is 31.0 Å². The maximum absolute atomic E-state index is 5.20. The van der Waals surface area contributed by atoms with Crippen LogP contribution in [0.15, 0.2) is 4.52 Å². The quantitative estimate of drug-likeness (QED) is 0.693. The number of fused-ring (bicyclic) bond motifs is 1. The van der Waals surface area contributed by atoms with E-state index in [1.807, 2.05) is 0 Å². The number of aryl methyl sites for hydroxylation is 1. The Morgan fingerprint density at radius 3 is 3.25 bits per heavy atom. The molecule has 2 heterocycles. The van der Waals surface area contributed by atoms with Crippen molar-refractivity contribution >= 4 is 5.88 Å². The summed E-state index contributed by atoms with van der Waals surface area (Å²) in [6.07, 6.45) is 4.57. The monoisotopic (exact) mass is 166 g/mol. The number of nitrogens with zero attached hydrogens (tertiary/aromatic N) is 1. The standard InChI is InChI=1S/C9H14N2O/c1-2-8-7-5-3-4-6-10-9(7)12-11-8/h10H,2-6H2,1H3. The zero-order chi connectivity index (χ0) is 8.39. The van der Waals surface area contributed by atoms with E-state index in [1.54, 1.807) is 0 Å². The molecule has 0 aromatic carbocycles. The number of nitrogens with one attached hydrogen (secondary N) is 1. The van der Waals surface area contributed by atoms with Gasteiger partial charge in [-0.1, -0.05) is 12.1 Å². The van der Waals surface area contributed by atoms with Gasteiger partial charge in [-0.05, 0) is 25.7 Å². The maximum Gasteiger partial charge on any atom is 0.228 e. The lowest BCUT2D eigenvalue weighted by Gasteiger charge is -1.96. The van der Waals surface area contributed by atoms with Gasteiger partial charge >= 0.3 is 0 Å². The van der Waals surface area contributed by atoms with E-state index in [0.717, 1.165) is 31.0 Å². The average Bonchev–Trinajstić information content (AvgIpc) is 2.33. The van der Waals surface area contributed by atoms with Crippen LogP contribution in [0.4, 0.5) is 5.88 Å². The SMILES string of the molecule is CCc1noc2c1CCCCN2. The van der Waals surface area contributed by atoms with E-state index >= 15 is 0 Å². The summed E-state index contributed by atoms with van der Waals surface area (Å²) >= 11 is 0. The summed E-state index contributed by atoms with van der Waals surface area (Å²) in [5.74, 6) is 0.907. The Hall–Kier alpha value is -0.990. The highest BCUT2D eigenvalue weighted by Crippen LogP contribution is 2.24. The molecule has 0 spiro atoms. The molecule has 0 saturated heterocycles. The second kappa shape index (κ2) is 3.17. The molecule has 3 heteroatoms. The molecule has 1 aliphatic rings. The first-order chi connectivity index (χ1) is 5.92. The third-order valence-corrected chi connectivity index (χ3v) is 2.34. The fourth-order valence-corrected chi connectivity index (χ4v) is 1.65. The Bertz CT molecular complexity index is 267. The minimum absolute atomic E-state index is 0.907. The lowest BCUT2D eigenvalue weighted by atomic mass is 10.1. The second-order valence-electron chi connectivity index (χ2n) is 3.17.